The Balaban J connectivity index is 2.44. The fourth-order valence-electron chi connectivity index (χ4n) is 1.34. The molecular weight excluding hydrogens is 198 g/mol. The van der Waals surface area contributed by atoms with Gasteiger partial charge in [0.2, 0.25) is 0 Å². The molecule has 2 heteroatoms. The number of nitrogens with two attached hydrogens (primary N) is 1. The van der Waals surface area contributed by atoms with Crippen molar-refractivity contribution in [3.63, 3.8) is 0 Å². The number of hydrogen-bond donors (Lipinski definition) is 1. The molecule has 1 atom stereocenters. The monoisotopic (exact) mass is 221 g/mol. The molecule has 2 N–H and O–H groups in total. The first-order chi connectivity index (χ1) is 7.38. The van der Waals surface area contributed by atoms with E-state index in [1.54, 1.807) is 0 Å². The van der Waals surface area contributed by atoms with Gasteiger partial charge in [-0.05, 0) is 36.5 Å². The summed E-state index contributed by atoms with van der Waals surface area (Å²) in [6, 6.07) is 8.11. The van der Waals surface area contributed by atoms with Gasteiger partial charge in [0.25, 0.3) is 0 Å². The molecular formula is C14H23NO. The molecule has 0 heterocycles. The summed E-state index contributed by atoms with van der Waals surface area (Å²) in [7, 11) is 0. The molecule has 0 aliphatic carbocycles. The molecule has 0 aliphatic heterocycles. The van der Waals surface area contributed by atoms with Gasteiger partial charge in [-0.15, -0.1) is 0 Å². The zero-order valence-electron chi connectivity index (χ0n) is 10.8. The standard InChI is InChI=1S/C14H23NO/c1-11(15)12-5-7-13(8-6-12)16-10-9-14(2,3)4/h5-8,11H,9-10,15H2,1-4H3/t11-/m0/s1. The van der Waals surface area contributed by atoms with Gasteiger partial charge >= 0.3 is 0 Å². The van der Waals surface area contributed by atoms with E-state index in [0.717, 1.165) is 24.3 Å². The van der Waals surface area contributed by atoms with E-state index in [1.807, 2.05) is 31.2 Å². The minimum Gasteiger partial charge on any atom is -0.494 e. The van der Waals surface area contributed by atoms with Crippen molar-refractivity contribution in [2.75, 3.05) is 6.61 Å². The fourth-order valence-corrected chi connectivity index (χ4v) is 1.34. The summed E-state index contributed by atoms with van der Waals surface area (Å²) in [5, 5.41) is 0. The number of rotatable bonds is 4. The van der Waals surface area contributed by atoms with E-state index in [0.29, 0.717) is 5.41 Å². The van der Waals surface area contributed by atoms with Gasteiger partial charge in [-0.1, -0.05) is 32.9 Å². The highest BCUT2D eigenvalue weighted by molar-refractivity contribution is 5.28. The van der Waals surface area contributed by atoms with Crippen molar-refractivity contribution in [1.82, 2.24) is 0 Å². The average molecular weight is 221 g/mol. The van der Waals surface area contributed by atoms with E-state index in [2.05, 4.69) is 20.8 Å². The van der Waals surface area contributed by atoms with Crippen molar-refractivity contribution in [3.8, 4) is 5.75 Å². The lowest BCUT2D eigenvalue weighted by molar-refractivity contribution is 0.243. The van der Waals surface area contributed by atoms with Crippen LogP contribution in [0.25, 0.3) is 0 Å². The van der Waals surface area contributed by atoms with Gasteiger partial charge in [0.1, 0.15) is 5.75 Å². The van der Waals surface area contributed by atoms with Crippen molar-refractivity contribution >= 4 is 0 Å². The van der Waals surface area contributed by atoms with Crippen LogP contribution in [0.1, 0.15) is 45.7 Å². The van der Waals surface area contributed by atoms with Crippen molar-refractivity contribution in [1.29, 1.82) is 0 Å². The Bertz CT molecular complexity index is 309. The van der Waals surface area contributed by atoms with Gasteiger partial charge in [0, 0.05) is 6.04 Å². The summed E-state index contributed by atoms with van der Waals surface area (Å²) in [5.74, 6) is 0.925. The molecule has 0 unspecified atom stereocenters. The van der Waals surface area contributed by atoms with Gasteiger partial charge in [-0.3, -0.25) is 0 Å². The molecule has 0 aromatic heterocycles. The van der Waals surface area contributed by atoms with Crippen molar-refractivity contribution in [2.24, 2.45) is 11.1 Å². The van der Waals surface area contributed by atoms with E-state index in [4.69, 9.17) is 10.5 Å². The molecule has 0 saturated heterocycles. The second-order valence-corrected chi connectivity index (χ2v) is 5.52. The van der Waals surface area contributed by atoms with Crippen molar-refractivity contribution < 1.29 is 4.74 Å². The third-order valence-electron chi connectivity index (χ3n) is 2.53. The summed E-state index contributed by atoms with van der Waals surface area (Å²) in [6.45, 7) is 9.40. The van der Waals surface area contributed by atoms with Crippen molar-refractivity contribution in [3.05, 3.63) is 29.8 Å². The maximum atomic E-state index is 5.78. The third kappa shape index (κ3) is 4.67. The second-order valence-electron chi connectivity index (χ2n) is 5.52. The SMILES string of the molecule is C[C@H](N)c1ccc(OCCC(C)(C)C)cc1. The Kier molecular flexibility index (Phi) is 4.36. The first-order valence-corrected chi connectivity index (χ1v) is 5.87. The van der Waals surface area contributed by atoms with Crippen LogP contribution in [0.4, 0.5) is 0 Å². The molecule has 0 bridgehead atoms. The zero-order valence-corrected chi connectivity index (χ0v) is 10.8. The smallest absolute Gasteiger partial charge is 0.119 e. The third-order valence-corrected chi connectivity index (χ3v) is 2.53. The van der Waals surface area contributed by atoms with Gasteiger partial charge in [-0.25, -0.2) is 0 Å². The predicted octanol–water partition coefficient (Wildman–Crippen LogP) is 3.52. The summed E-state index contributed by atoms with van der Waals surface area (Å²) >= 11 is 0. The topological polar surface area (TPSA) is 35.2 Å². The van der Waals surface area contributed by atoms with Crippen LogP contribution in [-0.2, 0) is 0 Å². The lowest BCUT2D eigenvalue weighted by Crippen LogP contribution is -2.11. The molecule has 1 aromatic rings. The quantitative estimate of drug-likeness (QED) is 0.844. The van der Waals surface area contributed by atoms with Crippen LogP contribution in [0.2, 0.25) is 0 Å². The first-order valence-electron chi connectivity index (χ1n) is 5.87. The molecule has 90 valence electrons. The highest BCUT2D eigenvalue weighted by Gasteiger charge is 2.09. The van der Waals surface area contributed by atoms with Gasteiger partial charge in [0.15, 0.2) is 0 Å². The lowest BCUT2D eigenvalue weighted by Gasteiger charge is -2.18. The normalized spacial score (nSPS) is 13.6. The van der Waals surface area contributed by atoms with Gasteiger partial charge in [-0.2, -0.15) is 0 Å². The van der Waals surface area contributed by atoms with E-state index >= 15 is 0 Å². The lowest BCUT2D eigenvalue weighted by atomic mass is 9.93. The Hall–Kier alpha value is -1.02. The molecule has 2 nitrogen and oxygen atoms in total. The Morgan fingerprint density at radius 3 is 2.19 bits per heavy atom. The Morgan fingerprint density at radius 2 is 1.75 bits per heavy atom. The summed E-state index contributed by atoms with van der Waals surface area (Å²) < 4.78 is 5.68. The molecule has 0 spiro atoms. The van der Waals surface area contributed by atoms with Crippen LogP contribution < -0.4 is 10.5 Å². The number of benzene rings is 1. The van der Waals surface area contributed by atoms with E-state index in [1.165, 1.54) is 0 Å². The van der Waals surface area contributed by atoms with E-state index in [-0.39, 0.29) is 6.04 Å². The molecule has 0 saturated carbocycles. The predicted molar refractivity (Wildman–Crippen MR) is 68.6 cm³/mol. The number of ether oxygens (including phenoxy) is 1. The summed E-state index contributed by atoms with van der Waals surface area (Å²) in [5.41, 5.74) is 7.25. The van der Waals surface area contributed by atoms with Crippen LogP contribution >= 0.6 is 0 Å². The molecule has 1 aromatic carbocycles. The van der Waals surface area contributed by atoms with Crippen LogP contribution in [0, 0.1) is 5.41 Å². The van der Waals surface area contributed by atoms with Gasteiger partial charge in [0.05, 0.1) is 6.61 Å². The van der Waals surface area contributed by atoms with E-state index < -0.39 is 0 Å². The molecule has 1 rings (SSSR count). The maximum absolute atomic E-state index is 5.78. The Morgan fingerprint density at radius 1 is 1.19 bits per heavy atom. The molecule has 16 heavy (non-hydrogen) atoms. The minimum atomic E-state index is 0.0867. The van der Waals surface area contributed by atoms with Crippen LogP contribution in [0.15, 0.2) is 24.3 Å². The number of hydrogen-bond acceptors (Lipinski definition) is 2. The van der Waals surface area contributed by atoms with Gasteiger partial charge < -0.3 is 10.5 Å². The first kappa shape index (κ1) is 13.0. The highest BCUT2D eigenvalue weighted by Crippen LogP contribution is 2.20. The zero-order chi connectivity index (χ0) is 12.2. The largest absolute Gasteiger partial charge is 0.494 e. The Labute approximate surface area is 98.8 Å². The molecule has 0 radical (unpaired) electrons. The maximum Gasteiger partial charge on any atom is 0.119 e. The summed E-state index contributed by atoms with van der Waals surface area (Å²) in [4.78, 5) is 0. The average Bonchev–Trinajstić information content (AvgIpc) is 2.16. The summed E-state index contributed by atoms with van der Waals surface area (Å²) in [6.07, 6.45) is 1.06. The molecule has 0 amide bonds. The fraction of sp³-hybridized carbons (Fsp3) is 0.571. The van der Waals surface area contributed by atoms with Crippen LogP contribution in [0.5, 0.6) is 5.75 Å². The van der Waals surface area contributed by atoms with Crippen LogP contribution in [0.3, 0.4) is 0 Å². The highest BCUT2D eigenvalue weighted by atomic mass is 16.5. The van der Waals surface area contributed by atoms with Crippen LogP contribution in [-0.4, -0.2) is 6.61 Å². The minimum absolute atomic E-state index is 0.0867. The molecule has 0 fully saturated rings. The van der Waals surface area contributed by atoms with E-state index in [9.17, 15) is 0 Å². The second kappa shape index (κ2) is 5.35. The van der Waals surface area contributed by atoms with Crippen molar-refractivity contribution in [2.45, 2.75) is 40.2 Å². The molecule has 0 aliphatic rings.